The molecule has 0 spiro atoms. The maximum atomic E-state index is 11.0. The summed E-state index contributed by atoms with van der Waals surface area (Å²) in [5.74, 6) is -0.700. The molecule has 0 radical (unpaired) electrons. The Hall–Kier alpha value is -1.10. The zero-order chi connectivity index (χ0) is 11.8. The van der Waals surface area contributed by atoms with E-state index in [0.29, 0.717) is 13.0 Å². The first-order chi connectivity index (χ1) is 7.02. The highest BCUT2D eigenvalue weighted by atomic mass is 16.2. The van der Waals surface area contributed by atoms with Crippen molar-refractivity contribution >= 4 is 11.8 Å². The molecule has 5 heteroatoms. The molecule has 1 aliphatic rings. The van der Waals surface area contributed by atoms with E-state index in [2.05, 4.69) is 19.2 Å². The second-order valence-corrected chi connectivity index (χ2v) is 3.73. The summed E-state index contributed by atoms with van der Waals surface area (Å²) < 4.78 is 0. The highest BCUT2D eigenvalue weighted by Gasteiger charge is 2.27. The van der Waals surface area contributed by atoms with Crippen LogP contribution in [-0.4, -0.2) is 24.4 Å². The van der Waals surface area contributed by atoms with Crippen molar-refractivity contribution in [2.24, 2.45) is 17.4 Å². The summed E-state index contributed by atoms with van der Waals surface area (Å²) in [6.45, 7) is 4.93. The summed E-state index contributed by atoms with van der Waals surface area (Å²) in [6.07, 6.45) is 2.36. The van der Waals surface area contributed by atoms with Crippen molar-refractivity contribution in [2.75, 3.05) is 6.54 Å². The van der Waals surface area contributed by atoms with Gasteiger partial charge >= 0.3 is 0 Å². The summed E-state index contributed by atoms with van der Waals surface area (Å²) in [6, 6.07) is -0.696. The lowest BCUT2D eigenvalue weighted by Gasteiger charge is -2.10. The van der Waals surface area contributed by atoms with Crippen LogP contribution in [0.2, 0.25) is 0 Å². The van der Waals surface area contributed by atoms with Crippen molar-refractivity contribution in [3.05, 3.63) is 0 Å². The average Bonchev–Trinajstić information content (AvgIpc) is 2.53. The molecule has 1 aliphatic heterocycles. The van der Waals surface area contributed by atoms with E-state index in [-0.39, 0.29) is 11.8 Å². The molecule has 1 rings (SSSR count). The quantitative estimate of drug-likeness (QED) is 0.605. The Morgan fingerprint density at radius 1 is 1.60 bits per heavy atom. The van der Waals surface area contributed by atoms with Crippen LogP contribution in [0.15, 0.2) is 0 Å². The van der Waals surface area contributed by atoms with Crippen LogP contribution in [0.25, 0.3) is 0 Å². The van der Waals surface area contributed by atoms with Gasteiger partial charge in [0.05, 0.1) is 6.04 Å². The summed E-state index contributed by atoms with van der Waals surface area (Å²) >= 11 is 0. The second-order valence-electron chi connectivity index (χ2n) is 3.73. The Morgan fingerprint density at radius 2 is 2.13 bits per heavy atom. The number of primary amides is 1. The largest absolute Gasteiger partial charge is 0.368 e. The lowest BCUT2D eigenvalue weighted by atomic mass is 9.99. The third-order valence-electron chi connectivity index (χ3n) is 2.07. The van der Waals surface area contributed by atoms with Gasteiger partial charge in [-0.25, -0.2) is 0 Å². The van der Waals surface area contributed by atoms with Crippen LogP contribution < -0.4 is 16.8 Å². The molecule has 15 heavy (non-hydrogen) atoms. The number of rotatable bonds is 3. The van der Waals surface area contributed by atoms with Gasteiger partial charge in [0.25, 0.3) is 0 Å². The number of hydrogen-bond donors (Lipinski definition) is 3. The van der Waals surface area contributed by atoms with Gasteiger partial charge in [0, 0.05) is 12.5 Å². The predicted octanol–water partition coefficient (Wildman–Crippen LogP) is -0.258. The molecule has 0 saturated carbocycles. The van der Waals surface area contributed by atoms with Crippen LogP contribution in [0, 0.1) is 5.92 Å². The molecule has 1 heterocycles. The van der Waals surface area contributed by atoms with E-state index < -0.39 is 11.9 Å². The summed E-state index contributed by atoms with van der Waals surface area (Å²) in [5, 5.41) is 2.67. The highest BCUT2D eigenvalue weighted by Crippen LogP contribution is 2.14. The van der Waals surface area contributed by atoms with Gasteiger partial charge in [0.2, 0.25) is 11.8 Å². The molecule has 0 bridgehead atoms. The van der Waals surface area contributed by atoms with Crippen molar-refractivity contribution in [1.29, 1.82) is 0 Å². The number of carbonyl (C=O) groups excluding carboxylic acids is 2. The normalized spacial score (nSPS) is 21.3. The third-order valence-corrected chi connectivity index (χ3v) is 2.07. The first-order valence-corrected chi connectivity index (χ1v) is 5.35. The topological polar surface area (TPSA) is 98.2 Å². The average molecular weight is 215 g/mol. The Labute approximate surface area is 90.6 Å². The van der Waals surface area contributed by atoms with Crippen LogP contribution in [0.4, 0.5) is 0 Å². The van der Waals surface area contributed by atoms with E-state index in [0.717, 1.165) is 6.42 Å². The van der Waals surface area contributed by atoms with Crippen LogP contribution in [0.5, 0.6) is 0 Å². The minimum Gasteiger partial charge on any atom is -0.368 e. The summed E-state index contributed by atoms with van der Waals surface area (Å²) in [5.41, 5.74) is 10.4. The summed E-state index contributed by atoms with van der Waals surface area (Å²) in [4.78, 5) is 21.6. The van der Waals surface area contributed by atoms with E-state index in [4.69, 9.17) is 11.5 Å². The van der Waals surface area contributed by atoms with E-state index in [1.165, 1.54) is 6.42 Å². The minimum absolute atomic E-state index is 0.0216. The standard InChI is InChI=1S/C7H13N3O2.C3H8/c8-5(6(9)11)3-4-1-2-10-7(4)12;1-3-2/h4-5H,1-3,8H2,(H2,9,11)(H,10,12);3H2,1-2H3. The number of nitrogens with one attached hydrogen (secondary N) is 1. The SMILES string of the molecule is CCC.NC(=O)C(N)CC1CCNC1=O. The lowest BCUT2D eigenvalue weighted by molar-refractivity contribution is -0.123. The zero-order valence-corrected chi connectivity index (χ0v) is 9.45. The number of hydrogen-bond acceptors (Lipinski definition) is 3. The van der Waals surface area contributed by atoms with Crippen molar-refractivity contribution in [3.63, 3.8) is 0 Å². The second kappa shape index (κ2) is 7.23. The van der Waals surface area contributed by atoms with Crippen LogP contribution in [0.1, 0.15) is 33.1 Å². The molecule has 2 unspecified atom stereocenters. The fourth-order valence-electron chi connectivity index (χ4n) is 1.29. The molecule has 2 amide bonds. The fraction of sp³-hybridized carbons (Fsp3) is 0.800. The maximum Gasteiger partial charge on any atom is 0.234 e. The molecule has 5 N–H and O–H groups in total. The molecule has 1 fully saturated rings. The maximum absolute atomic E-state index is 11.0. The van der Waals surface area contributed by atoms with E-state index in [9.17, 15) is 9.59 Å². The molecule has 0 aliphatic carbocycles. The Balaban J connectivity index is 0.000000583. The highest BCUT2D eigenvalue weighted by molar-refractivity contribution is 5.83. The lowest BCUT2D eigenvalue weighted by Crippen LogP contribution is -2.39. The van der Waals surface area contributed by atoms with Crippen molar-refractivity contribution in [3.8, 4) is 0 Å². The number of amides is 2. The monoisotopic (exact) mass is 215 g/mol. The minimum atomic E-state index is -0.696. The molecule has 0 aromatic carbocycles. The van der Waals surface area contributed by atoms with Crippen molar-refractivity contribution in [2.45, 2.75) is 39.2 Å². The molecule has 0 aromatic rings. The van der Waals surface area contributed by atoms with Gasteiger partial charge in [0.1, 0.15) is 0 Å². The van der Waals surface area contributed by atoms with Gasteiger partial charge < -0.3 is 16.8 Å². The summed E-state index contributed by atoms with van der Waals surface area (Å²) in [7, 11) is 0. The van der Waals surface area contributed by atoms with Gasteiger partial charge in [-0.3, -0.25) is 9.59 Å². The van der Waals surface area contributed by atoms with Gasteiger partial charge in [0.15, 0.2) is 0 Å². The van der Waals surface area contributed by atoms with Crippen LogP contribution in [0.3, 0.4) is 0 Å². The van der Waals surface area contributed by atoms with E-state index >= 15 is 0 Å². The van der Waals surface area contributed by atoms with Gasteiger partial charge in [-0.1, -0.05) is 20.3 Å². The van der Waals surface area contributed by atoms with Crippen LogP contribution in [-0.2, 0) is 9.59 Å². The molecule has 88 valence electrons. The molecule has 0 aromatic heterocycles. The smallest absolute Gasteiger partial charge is 0.234 e. The van der Waals surface area contributed by atoms with E-state index in [1.54, 1.807) is 0 Å². The zero-order valence-electron chi connectivity index (χ0n) is 9.45. The molecule has 5 nitrogen and oxygen atoms in total. The molecular weight excluding hydrogens is 194 g/mol. The van der Waals surface area contributed by atoms with Gasteiger partial charge in [-0.2, -0.15) is 0 Å². The Bertz CT molecular complexity index is 219. The van der Waals surface area contributed by atoms with E-state index in [1.807, 2.05) is 0 Å². The Morgan fingerprint density at radius 3 is 2.47 bits per heavy atom. The predicted molar refractivity (Wildman–Crippen MR) is 58.9 cm³/mol. The van der Waals surface area contributed by atoms with Gasteiger partial charge in [-0.15, -0.1) is 0 Å². The first kappa shape index (κ1) is 13.9. The molecule has 1 saturated heterocycles. The number of carbonyl (C=O) groups is 2. The fourth-order valence-corrected chi connectivity index (χ4v) is 1.29. The van der Waals surface area contributed by atoms with Crippen LogP contribution >= 0.6 is 0 Å². The number of nitrogens with two attached hydrogens (primary N) is 2. The third kappa shape index (κ3) is 5.37. The molecular formula is C10H21N3O2. The first-order valence-electron chi connectivity index (χ1n) is 5.35. The van der Waals surface area contributed by atoms with Crippen molar-refractivity contribution in [1.82, 2.24) is 5.32 Å². The van der Waals surface area contributed by atoms with Gasteiger partial charge in [-0.05, 0) is 12.8 Å². The molecule has 2 atom stereocenters. The van der Waals surface area contributed by atoms with Crippen molar-refractivity contribution < 1.29 is 9.59 Å². The Kier molecular flexibility index (Phi) is 6.70.